The average molecular weight is 296 g/mol. The standard InChI is InChI=1S/C16H16N4O2/c21-15(14-11-17-7-8-18-14)19-13-5-3-12(4-6-13)16(22)20-9-1-2-10-20/h3-8,11H,1-2,9-10H2,(H,19,21). The maximum atomic E-state index is 12.2. The predicted octanol–water partition coefficient (Wildman–Crippen LogP) is 1.96. The van der Waals surface area contributed by atoms with Crippen LogP contribution in [0.4, 0.5) is 5.69 Å². The summed E-state index contributed by atoms with van der Waals surface area (Å²) in [6, 6.07) is 6.90. The van der Waals surface area contributed by atoms with Crippen molar-refractivity contribution in [1.82, 2.24) is 14.9 Å². The fraction of sp³-hybridized carbons (Fsp3) is 0.250. The van der Waals surface area contributed by atoms with E-state index in [0.717, 1.165) is 25.9 Å². The van der Waals surface area contributed by atoms with Crippen LogP contribution in [-0.4, -0.2) is 39.8 Å². The van der Waals surface area contributed by atoms with Crippen LogP contribution in [0.1, 0.15) is 33.7 Å². The first-order valence-electron chi connectivity index (χ1n) is 7.21. The lowest BCUT2D eigenvalue weighted by molar-refractivity contribution is 0.0792. The van der Waals surface area contributed by atoms with Crippen molar-refractivity contribution in [3.63, 3.8) is 0 Å². The summed E-state index contributed by atoms with van der Waals surface area (Å²) in [4.78, 5) is 33.8. The summed E-state index contributed by atoms with van der Waals surface area (Å²) in [7, 11) is 0. The third-order valence-corrected chi connectivity index (χ3v) is 3.58. The molecule has 1 aliphatic rings. The number of amides is 2. The Bertz CT molecular complexity index is 664. The van der Waals surface area contributed by atoms with Crippen molar-refractivity contribution in [2.75, 3.05) is 18.4 Å². The molecule has 6 nitrogen and oxygen atoms in total. The van der Waals surface area contributed by atoms with E-state index in [4.69, 9.17) is 0 Å². The van der Waals surface area contributed by atoms with Gasteiger partial charge >= 0.3 is 0 Å². The highest BCUT2D eigenvalue weighted by Gasteiger charge is 2.19. The Balaban J connectivity index is 1.66. The van der Waals surface area contributed by atoms with Crippen molar-refractivity contribution in [2.24, 2.45) is 0 Å². The molecule has 1 fully saturated rings. The van der Waals surface area contributed by atoms with Gasteiger partial charge in [-0.15, -0.1) is 0 Å². The molecule has 0 radical (unpaired) electrons. The van der Waals surface area contributed by atoms with Gasteiger partial charge in [-0.1, -0.05) is 0 Å². The molecule has 1 aromatic carbocycles. The van der Waals surface area contributed by atoms with Crippen LogP contribution in [-0.2, 0) is 0 Å². The molecule has 22 heavy (non-hydrogen) atoms. The summed E-state index contributed by atoms with van der Waals surface area (Å²) in [6.07, 6.45) is 6.51. The molecule has 0 unspecified atom stereocenters. The SMILES string of the molecule is O=C(Nc1ccc(C(=O)N2CCCC2)cc1)c1cnccn1. The number of likely N-dealkylation sites (tertiary alicyclic amines) is 1. The van der Waals surface area contributed by atoms with E-state index in [1.165, 1.54) is 18.6 Å². The number of carbonyl (C=O) groups is 2. The third-order valence-electron chi connectivity index (χ3n) is 3.58. The van der Waals surface area contributed by atoms with Crippen LogP contribution in [0.3, 0.4) is 0 Å². The van der Waals surface area contributed by atoms with Gasteiger partial charge in [0.1, 0.15) is 5.69 Å². The van der Waals surface area contributed by atoms with Crippen molar-refractivity contribution < 1.29 is 9.59 Å². The van der Waals surface area contributed by atoms with E-state index in [0.29, 0.717) is 11.3 Å². The second-order valence-corrected chi connectivity index (χ2v) is 5.12. The normalized spacial score (nSPS) is 13.9. The van der Waals surface area contributed by atoms with E-state index in [-0.39, 0.29) is 17.5 Å². The minimum absolute atomic E-state index is 0.0457. The Kier molecular flexibility index (Phi) is 4.09. The van der Waals surface area contributed by atoms with Crippen LogP contribution >= 0.6 is 0 Å². The van der Waals surface area contributed by atoms with Crippen molar-refractivity contribution in [3.05, 3.63) is 54.1 Å². The second kappa shape index (κ2) is 6.34. The molecule has 2 amide bonds. The number of nitrogens with one attached hydrogen (secondary N) is 1. The molecule has 1 aliphatic heterocycles. The number of aromatic nitrogens is 2. The first-order chi connectivity index (χ1) is 10.7. The highest BCUT2D eigenvalue weighted by Crippen LogP contribution is 2.15. The van der Waals surface area contributed by atoms with Gasteiger partial charge in [0.2, 0.25) is 0 Å². The van der Waals surface area contributed by atoms with Crippen LogP contribution in [0.2, 0.25) is 0 Å². The molecular formula is C16H16N4O2. The number of anilines is 1. The van der Waals surface area contributed by atoms with Crippen LogP contribution in [0.15, 0.2) is 42.9 Å². The largest absolute Gasteiger partial charge is 0.339 e. The molecule has 6 heteroatoms. The van der Waals surface area contributed by atoms with E-state index < -0.39 is 0 Å². The molecule has 2 aromatic rings. The van der Waals surface area contributed by atoms with Crippen LogP contribution in [0.5, 0.6) is 0 Å². The number of rotatable bonds is 3. The third kappa shape index (κ3) is 3.11. The summed E-state index contributed by atoms with van der Waals surface area (Å²) in [5.74, 6) is -0.281. The van der Waals surface area contributed by atoms with E-state index in [2.05, 4.69) is 15.3 Å². The number of hydrogen-bond donors (Lipinski definition) is 1. The Labute approximate surface area is 128 Å². The van der Waals surface area contributed by atoms with Crippen LogP contribution in [0.25, 0.3) is 0 Å². The Morgan fingerprint density at radius 3 is 2.41 bits per heavy atom. The molecular weight excluding hydrogens is 280 g/mol. The lowest BCUT2D eigenvalue weighted by atomic mass is 10.2. The second-order valence-electron chi connectivity index (χ2n) is 5.12. The first kappa shape index (κ1) is 14.2. The number of hydrogen-bond acceptors (Lipinski definition) is 4. The molecule has 3 rings (SSSR count). The molecule has 0 bridgehead atoms. The monoisotopic (exact) mass is 296 g/mol. The fourth-order valence-electron chi connectivity index (χ4n) is 2.41. The molecule has 0 saturated carbocycles. The van der Waals surface area contributed by atoms with Gasteiger partial charge in [-0.25, -0.2) is 4.98 Å². The van der Waals surface area contributed by atoms with Gasteiger partial charge in [0, 0.05) is 36.7 Å². The van der Waals surface area contributed by atoms with Gasteiger partial charge in [-0.3, -0.25) is 14.6 Å². The lowest BCUT2D eigenvalue weighted by Crippen LogP contribution is -2.27. The average Bonchev–Trinajstić information content (AvgIpc) is 3.10. The van der Waals surface area contributed by atoms with Gasteiger partial charge in [-0.2, -0.15) is 0 Å². The minimum atomic E-state index is -0.327. The van der Waals surface area contributed by atoms with E-state index in [1.54, 1.807) is 24.3 Å². The van der Waals surface area contributed by atoms with Crippen molar-refractivity contribution in [2.45, 2.75) is 12.8 Å². The first-order valence-corrected chi connectivity index (χ1v) is 7.21. The van der Waals surface area contributed by atoms with Crippen LogP contribution in [0, 0.1) is 0 Å². The lowest BCUT2D eigenvalue weighted by Gasteiger charge is -2.15. The van der Waals surface area contributed by atoms with E-state index in [1.807, 2.05) is 4.90 Å². The zero-order chi connectivity index (χ0) is 15.4. The smallest absolute Gasteiger partial charge is 0.275 e. The van der Waals surface area contributed by atoms with Crippen molar-refractivity contribution >= 4 is 17.5 Å². The quantitative estimate of drug-likeness (QED) is 0.939. The molecule has 1 aromatic heterocycles. The fourth-order valence-corrected chi connectivity index (χ4v) is 2.41. The van der Waals surface area contributed by atoms with Gasteiger partial charge in [0.05, 0.1) is 6.20 Å². The van der Waals surface area contributed by atoms with Crippen LogP contribution < -0.4 is 5.32 Å². The van der Waals surface area contributed by atoms with Gasteiger partial charge in [0.15, 0.2) is 0 Å². The maximum absolute atomic E-state index is 12.2. The van der Waals surface area contributed by atoms with Gasteiger partial charge in [-0.05, 0) is 37.1 Å². The Hall–Kier alpha value is -2.76. The summed E-state index contributed by atoms with van der Waals surface area (Å²) in [6.45, 7) is 1.65. The molecule has 2 heterocycles. The summed E-state index contributed by atoms with van der Waals surface area (Å²) < 4.78 is 0. The topological polar surface area (TPSA) is 75.2 Å². The molecule has 0 spiro atoms. The zero-order valence-corrected chi connectivity index (χ0v) is 12.0. The number of carbonyl (C=O) groups excluding carboxylic acids is 2. The molecule has 0 aliphatic carbocycles. The molecule has 1 N–H and O–H groups in total. The molecule has 112 valence electrons. The number of benzene rings is 1. The summed E-state index contributed by atoms with van der Waals surface area (Å²) in [5, 5.41) is 2.73. The Morgan fingerprint density at radius 2 is 1.77 bits per heavy atom. The highest BCUT2D eigenvalue weighted by atomic mass is 16.2. The summed E-state index contributed by atoms with van der Waals surface area (Å²) >= 11 is 0. The van der Waals surface area contributed by atoms with Gasteiger partial charge in [0.25, 0.3) is 11.8 Å². The van der Waals surface area contributed by atoms with Crippen molar-refractivity contribution in [3.8, 4) is 0 Å². The van der Waals surface area contributed by atoms with Crippen molar-refractivity contribution in [1.29, 1.82) is 0 Å². The highest BCUT2D eigenvalue weighted by molar-refractivity contribution is 6.03. The van der Waals surface area contributed by atoms with E-state index >= 15 is 0 Å². The van der Waals surface area contributed by atoms with Gasteiger partial charge < -0.3 is 10.2 Å². The van der Waals surface area contributed by atoms with E-state index in [9.17, 15) is 9.59 Å². The zero-order valence-electron chi connectivity index (χ0n) is 12.0. The molecule has 1 saturated heterocycles. The number of nitrogens with zero attached hydrogens (tertiary/aromatic N) is 3. The molecule has 0 atom stereocenters. The minimum Gasteiger partial charge on any atom is -0.339 e. The maximum Gasteiger partial charge on any atom is 0.275 e. The predicted molar refractivity (Wildman–Crippen MR) is 81.6 cm³/mol. The summed E-state index contributed by atoms with van der Waals surface area (Å²) in [5.41, 5.74) is 1.51. The Morgan fingerprint density at radius 1 is 1.05 bits per heavy atom.